The fourth-order valence-electron chi connectivity index (χ4n) is 3.27. The Morgan fingerprint density at radius 1 is 1.58 bits per heavy atom. The predicted octanol–water partition coefficient (Wildman–Crippen LogP) is 2.56. The minimum Gasteiger partial charge on any atom is -0.335 e. The molecule has 4 nitrogen and oxygen atoms in total. The van der Waals surface area contributed by atoms with Crippen molar-refractivity contribution in [2.45, 2.75) is 58.5 Å². The SMILES string of the molecule is CCNC1(C#N)CCCC1CCn1cnc(C)c1C. The Labute approximate surface area is 115 Å². The van der Waals surface area contributed by atoms with Crippen LogP contribution in [0.1, 0.15) is 44.0 Å². The van der Waals surface area contributed by atoms with Gasteiger partial charge in [-0.3, -0.25) is 5.32 Å². The van der Waals surface area contributed by atoms with Crippen LogP contribution < -0.4 is 5.32 Å². The topological polar surface area (TPSA) is 53.6 Å². The first-order valence-electron chi connectivity index (χ1n) is 7.27. The van der Waals surface area contributed by atoms with E-state index in [0.717, 1.165) is 44.5 Å². The molecular formula is C15H24N4. The van der Waals surface area contributed by atoms with Crippen LogP contribution in [0.15, 0.2) is 6.33 Å². The molecule has 1 saturated carbocycles. The normalized spacial score (nSPS) is 26.5. The molecule has 1 N–H and O–H groups in total. The minimum absolute atomic E-state index is 0.293. The van der Waals surface area contributed by atoms with Crippen molar-refractivity contribution in [3.05, 3.63) is 17.7 Å². The van der Waals surface area contributed by atoms with Crippen molar-refractivity contribution in [1.29, 1.82) is 5.26 Å². The van der Waals surface area contributed by atoms with Crippen molar-refractivity contribution in [3.63, 3.8) is 0 Å². The first-order valence-corrected chi connectivity index (χ1v) is 7.27. The summed E-state index contributed by atoms with van der Waals surface area (Å²) in [7, 11) is 0. The zero-order valence-corrected chi connectivity index (χ0v) is 12.2. The van der Waals surface area contributed by atoms with Crippen molar-refractivity contribution in [2.24, 2.45) is 5.92 Å². The zero-order chi connectivity index (χ0) is 13.9. The van der Waals surface area contributed by atoms with Crippen LogP contribution in [0.4, 0.5) is 0 Å². The van der Waals surface area contributed by atoms with Crippen LogP contribution in [0.3, 0.4) is 0 Å². The molecule has 1 aromatic rings. The van der Waals surface area contributed by atoms with E-state index in [9.17, 15) is 5.26 Å². The van der Waals surface area contributed by atoms with Crippen LogP contribution in [0, 0.1) is 31.1 Å². The maximum absolute atomic E-state index is 9.54. The second-order valence-corrected chi connectivity index (χ2v) is 5.60. The second-order valence-electron chi connectivity index (χ2n) is 5.60. The maximum Gasteiger partial charge on any atom is 0.109 e. The highest BCUT2D eigenvalue weighted by molar-refractivity contribution is 5.14. The molecule has 1 fully saturated rings. The molecule has 0 aliphatic heterocycles. The third kappa shape index (κ3) is 2.66. The summed E-state index contributed by atoms with van der Waals surface area (Å²) in [5.74, 6) is 0.458. The van der Waals surface area contributed by atoms with Crippen LogP contribution in [0.5, 0.6) is 0 Å². The van der Waals surface area contributed by atoms with Crippen LogP contribution >= 0.6 is 0 Å². The van der Waals surface area contributed by atoms with E-state index in [1.165, 1.54) is 5.69 Å². The molecular weight excluding hydrogens is 236 g/mol. The molecule has 0 saturated heterocycles. The number of hydrogen-bond acceptors (Lipinski definition) is 3. The van der Waals surface area contributed by atoms with E-state index in [4.69, 9.17) is 0 Å². The summed E-state index contributed by atoms with van der Waals surface area (Å²) in [6.45, 7) is 8.07. The highest BCUT2D eigenvalue weighted by atomic mass is 15.1. The van der Waals surface area contributed by atoms with Gasteiger partial charge in [0.05, 0.1) is 18.1 Å². The van der Waals surface area contributed by atoms with E-state index < -0.39 is 0 Å². The average molecular weight is 260 g/mol. The molecule has 0 aromatic carbocycles. The van der Waals surface area contributed by atoms with Crippen molar-refractivity contribution < 1.29 is 0 Å². The fraction of sp³-hybridized carbons (Fsp3) is 0.733. The second kappa shape index (κ2) is 5.75. The number of aryl methyl sites for hydroxylation is 2. The summed E-state index contributed by atoms with van der Waals surface area (Å²) in [6.07, 6.45) is 6.28. The van der Waals surface area contributed by atoms with E-state index in [2.05, 4.69) is 34.8 Å². The smallest absolute Gasteiger partial charge is 0.109 e. The Morgan fingerprint density at radius 3 is 2.95 bits per heavy atom. The summed E-state index contributed by atoms with van der Waals surface area (Å²) in [4.78, 5) is 4.34. The fourth-order valence-corrected chi connectivity index (χ4v) is 3.27. The Kier molecular flexibility index (Phi) is 4.26. The number of rotatable bonds is 5. The first kappa shape index (κ1) is 14.1. The third-order valence-corrected chi connectivity index (χ3v) is 4.58. The van der Waals surface area contributed by atoms with Crippen LogP contribution in [0.2, 0.25) is 0 Å². The lowest BCUT2D eigenvalue weighted by molar-refractivity contribution is 0.294. The molecule has 4 heteroatoms. The molecule has 2 unspecified atom stereocenters. The summed E-state index contributed by atoms with van der Waals surface area (Å²) < 4.78 is 2.21. The molecule has 1 aromatic heterocycles. The summed E-state index contributed by atoms with van der Waals surface area (Å²) >= 11 is 0. The lowest BCUT2D eigenvalue weighted by Gasteiger charge is -2.29. The van der Waals surface area contributed by atoms with Gasteiger partial charge >= 0.3 is 0 Å². The number of nitrogens with zero attached hydrogens (tertiary/aromatic N) is 3. The lowest BCUT2D eigenvalue weighted by Crippen LogP contribution is -2.47. The largest absolute Gasteiger partial charge is 0.335 e. The highest BCUT2D eigenvalue weighted by Gasteiger charge is 2.42. The Balaban J connectivity index is 2.02. The highest BCUT2D eigenvalue weighted by Crippen LogP contribution is 2.37. The van der Waals surface area contributed by atoms with Gasteiger partial charge in [0.2, 0.25) is 0 Å². The first-order chi connectivity index (χ1) is 9.13. The van der Waals surface area contributed by atoms with Gasteiger partial charge in [-0.1, -0.05) is 13.3 Å². The van der Waals surface area contributed by atoms with E-state index in [1.807, 2.05) is 13.3 Å². The van der Waals surface area contributed by atoms with Gasteiger partial charge in [-0.2, -0.15) is 5.26 Å². The lowest BCUT2D eigenvalue weighted by atomic mass is 9.86. The van der Waals surface area contributed by atoms with Gasteiger partial charge in [-0.15, -0.1) is 0 Å². The molecule has 19 heavy (non-hydrogen) atoms. The third-order valence-electron chi connectivity index (χ3n) is 4.58. The maximum atomic E-state index is 9.54. The summed E-state index contributed by atoms with van der Waals surface area (Å²) in [6, 6.07) is 2.55. The van der Waals surface area contributed by atoms with Gasteiger partial charge < -0.3 is 4.57 Å². The van der Waals surface area contributed by atoms with Gasteiger partial charge in [-0.25, -0.2) is 4.98 Å². The van der Waals surface area contributed by atoms with Gasteiger partial charge in [0.25, 0.3) is 0 Å². The van der Waals surface area contributed by atoms with Gasteiger partial charge in [0.1, 0.15) is 5.54 Å². The predicted molar refractivity (Wildman–Crippen MR) is 75.7 cm³/mol. The van der Waals surface area contributed by atoms with Gasteiger partial charge in [0, 0.05) is 12.2 Å². The average Bonchev–Trinajstić information content (AvgIpc) is 2.94. The van der Waals surface area contributed by atoms with Crippen LogP contribution in [0.25, 0.3) is 0 Å². The quantitative estimate of drug-likeness (QED) is 0.885. The Morgan fingerprint density at radius 2 is 2.37 bits per heavy atom. The van der Waals surface area contributed by atoms with Gasteiger partial charge in [0.15, 0.2) is 0 Å². The van der Waals surface area contributed by atoms with E-state index in [1.54, 1.807) is 0 Å². The molecule has 0 radical (unpaired) electrons. The number of hydrogen-bond donors (Lipinski definition) is 1. The van der Waals surface area contributed by atoms with Crippen LogP contribution in [-0.4, -0.2) is 21.6 Å². The molecule has 0 spiro atoms. The molecule has 0 amide bonds. The molecule has 1 aliphatic rings. The molecule has 0 bridgehead atoms. The Bertz CT molecular complexity index is 471. The minimum atomic E-state index is -0.293. The monoisotopic (exact) mass is 260 g/mol. The summed E-state index contributed by atoms with van der Waals surface area (Å²) in [5, 5.41) is 13.0. The number of aromatic nitrogens is 2. The van der Waals surface area contributed by atoms with Crippen molar-refractivity contribution in [3.8, 4) is 6.07 Å². The van der Waals surface area contributed by atoms with Crippen molar-refractivity contribution in [1.82, 2.24) is 14.9 Å². The zero-order valence-electron chi connectivity index (χ0n) is 12.2. The molecule has 2 rings (SSSR count). The van der Waals surface area contributed by atoms with Crippen molar-refractivity contribution >= 4 is 0 Å². The number of nitriles is 1. The molecule has 1 heterocycles. The van der Waals surface area contributed by atoms with Gasteiger partial charge in [-0.05, 0) is 45.6 Å². The molecule has 104 valence electrons. The standard InChI is InChI=1S/C15H24N4/c1-4-18-15(10-16)8-5-6-14(15)7-9-19-11-17-12(2)13(19)3/h11,14,18H,4-9H2,1-3H3. The van der Waals surface area contributed by atoms with Crippen LogP contribution in [-0.2, 0) is 6.54 Å². The van der Waals surface area contributed by atoms with Crippen molar-refractivity contribution in [2.75, 3.05) is 6.54 Å². The van der Waals surface area contributed by atoms with E-state index in [0.29, 0.717) is 5.92 Å². The molecule has 2 atom stereocenters. The Hall–Kier alpha value is -1.34. The number of imidazole rings is 1. The molecule has 1 aliphatic carbocycles. The summed E-state index contributed by atoms with van der Waals surface area (Å²) in [5.41, 5.74) is 2.05. The van der Waals surface area contributed by atoms with E-state index >= 15 is 0 Å². The number of nitrogens with one attached hydrogen (secondary N) is 1. The van der Waals surface area contributed by atoms with E-state index in [-0.39, 0.29) is 5.54 Å².